The van der Waals surface area contributed by atoms with Crippen LogP contribution in [0.5, 0.6) is 0 Å². The third-order valence-corrected chi connectivity index (χ3v) is 5.17. The van der Waals surface area contributed by atoms with Crippen molar-refractivity contribution < 1.29 is 17.5 Å². The van der Waals surface area contributed by atoms with E-state index in [-0.39, 0.29) is 23.7 Å². The largest absolute Gasteiger partial charge is 0.383 e. The van der Waals surface area contributed by atoms with Crippen LogP contribution in [-0.2, 0) is 21.3 Å². The lowest BCUT2D eigenvalue weighted by Crippen LogP contribution is -2.38. The zero-order valence-electron chi connectivity index (χ0n) is 11.6. The minimum absolute atomic E-state index is 0.0591. The fourth-order valence-electron chi connectivity index (χ4n) is 1.69. The number of nitrogens with two attached hydrogens (primary N) is 1. The van der Waals surface area contributed by atoms with Crippen molar-refractivity contribution in [2.75, 3.05) is 20.8 Å². The smallest absolute Gasteiger partial charge is 0.246 e. The first-order valence-corrected chi connectivity index (χ1v) is 7.72. The highest BCUT2D eigenvalue weighted by Crippen LogP contribution is 2.26. The van der Waals surface area contributed by atoms with Crippen molar-refractivity contribution >= 4 is 21.6 Å². The lowest BCUT2D eigenvalue weighted by atomic mass is 10.2. The molecule has 1 rings (SSSR count). The Labute approximate surface area is 123 Å². The van der Waals surface area contributed by atoms with Crippen LogP contribution in [0.15, 0.2) is 17.0 Å². The zero-order valence-corrected chi connectivity index (χ0v) is 13.1. The number of hydrogen-bond donors (Lipinski definition) is 1. The summed E-state index contributed by atoms with van der Waals surface area (Å²) in [6.45, 7) is 1.72. The van der Waals surface area contributed by atoms with Crippen LogP contribution in [0.3, 0.4) is 0 Å². The van der Waals surface area contributed by atoms with Gasteiger partial charge >= 0.3 is 0 Å². The van der Waals surface area contributed by atoms with Crippen molar-refractivity contribution in [3.8, 4) is 0 Å². The van der Waals surface area contributed by atoms with Crippen LogP contribution in [0.4, 0.5) is 4.39 Å². The van der Waals surface area contributed by atoms with Crippen LogP contribution in [0.25, 0.3) is 0 Å². The molecule has 8 heteroatoms. The molecule has 0 spiro atoms. The Hall–Kier alpha value is -0.730. The molecule has 0 heterocycles. The molecule has 0 radical (unpaired) electrons. The maximum Gasteiger partial charge on any atom is 0.246 e. The fourth-order valence-corrected chi connectivity index (χ4v) is 3.48. The van der Waals surface area contributed by atoms with Gasteiger partial charge in [0.15, 0.2) is 0 Å². The van der Waals surface area contributed by atoms with Gasteiger partial charge in [0.1, 0.15) is 10.7 Å². The first-order valence-electron chi connectivity index (χ1n) is 5.90. The van der Waals surface area contributed by atoms with E-state index >= 15 is 0 Å². The van der Waals surface area contributed by atoms with E-state index in [1.807, 2.05) is 0 Å². The Balaban J connectivity index is 3.32. The summed E-state index contributed by atoms with van der Waals surface area (Å²) in [5.74, 6) is -0.867. The summed E-state index contributed by atoms with van der Waals surface area (Å²) in [7, 11) is -1.18. The summed E-state index contributed by atoms with van der Waals surface area (Å²) in [5.41, 5.74) is 5.45. The molecule has 20 heavy (non-hydrogen) atoms. The lowest BCUT2D eigenvalue weighted by molar-refractivity contribution is 0.149. The fraction of sp³-hybridized carbons (Fsp3) is 0.500. The number of rotatable bonds is 6. The zero-order chi connectivity index (χ0) is 15.5. The Morgan fingerprint density at radius 2 is 2.10 bits per heavy atom. The van der Waals surface area contributed by atoms with Crippen LogP contribution in [0.2, 0.25) is 5.02 Å². The Kier molecular flexibility index (Phi) is 5.91. The monoisotopic (exact) mass is 324 g/mol. The van der Waals surface area contributed by atoms with E-state index in [9.17, 15) is 12.8 Å². The van der Waals surface area contributed by atoms with Crippen LogP contribution in [0.1, 0.15) is 12.5 Å². The molecule has 1 atom stereocenters. The van der Waals surface area contributed by atoms with E-state index in [2.05, 4.69) is 0 Å². The summed E-state index contributed by atoms with van der Waals surface area (Å²) in [4.78, 5) is -0.476. The molecule has 0 aliphatic rings. The minimum atomic E-state index is -4.01. The molecule has 0 aromatic heterocycles. The second kappa shape index (κ2) is 6.82. The third-order valence-electron chi connectivity index (χ3n) is 2.98. The summed E-state index contributed by atoms with van der Waals surface area (Å²) < 4.78 is 45.0. The number of halogens is 2. The maximum absolute atomic E-state index is 14.2. The van der Waals surface area contributed by atoms with E-state index in [1.54, 1.807) is 6.92 Å². The topological polar surface area (TPSA) is 72.6 Å². The van der Waals surface area contributed by atoms with Gasteiger partial charge in [-0.1, -0.05) is 11.6 Å². The van der Waals surface area contributed by atoms with E-state index < -0.39 is 26.8 Å². The third kappa shape index (κ3) is 3.48. The van der Waals surface area contributed by atoms with Crippen LogP contribution >= 0.6 is 11.6 Å². The number of sulfonamides is 1. The number of likely N-dealkylation sites (N-methyl/N-ethyl adjacent to an activating group) is 1. The minimum Gasteiger partial charge on any atom is -0.383 e. The summed E-state index contributed by atoms with van der Waals surface area (Å²) in [6, 6.07) is 1.96. The van der Waals surface area contributed by atoms with Gasteiger partial charge in [0, 0.05) is 37.3 Å². The quantitative estimate of drug-likeness (QED) is 0.862. The standard InChI is InChI=1S/C12H18ClFN2O3S/c1-8(7-19-3)16(2)20(17,18)11-5-10(13)4-9(6-15)12(11)14/h4-5,8H,6-7,15H2,1-3H3. The van der Waals surface area contributed by atoms with Gasteiger partial charge in [-0.2, -0.15) is 4.31 Å². The Bertz CT molecular complexity index is 580. The predicted octanol–water partition coefficient (Wildman–Crippen LogP) is 1.59. The molecule has 114 valence electrons. The average molecular weight is 325 g/mol. The molecule has 0 saturated carbocycles. The maximum atomic E-state index is 14.2. The van der Waals surface area contributed by atoms with Crippen LogP contribution < -0.4 is 5.73 Å². The SMILES string of the molecule is COCC(C)N(C)S(=O)(=O)c1cc(Cl)cc(CN)c1F. The molecule has 0 bridgehead atoms. The Morgan fingerprint density at radius 3 is 2.60 bits per heavy atom. The van der Waals surface area contributed by atoms with Gasteiger partial charge in [-0.05, 0) is 19.1 Å². The molecule has 1 aromatic carbocycles. The molecule has 1 aromatic rings. The van der Waals surface area contributed by atoms with Crippen molar-refractivity contribution in [2.24, 2.45) is 5.73 Å². The van der Waals surface area contributed by atoms with Gasteiger partial charge in [-0.25, -0.2) is 12.8 Å². The van der Waals surface area contributed by atoms with Gasteiger partial charge in [0.2, 0.25) is 10.0 Å². The molecule has 0 aliphatic heterocycles. The van der Waals surface area contributed by atoms with E-state index in [0.29, 0.717) is 0 Å². The van der Waals surface area contributed by atoms with E-state index in [1.165, 1.54) is 20.2 Å². The summed E-state index contributed by atoms with van der Waals surface area (Å²) in [6.07, 6.45) is 0. The highest BCUT2D eigenvalue weighted by molar-refractivity contribution is 7.89. The summed E-state index contributed by atoms with van der Waals surface area (Å²) in [5, 5.41) is 0.123. The van der Waals surface area contributed by atoms with Crippen LogP contribution in [-0.4, -0.2) is 39.5 Å². The second-order valence-corrected chi connectivity index (χ2v) is 6.81. The molecule has 0 saturated heterocycles. The van der Waals surface area contributed by atoms with Gasteiger partial charge in [-0.3, -0.25) is 0 Å². The number of methoxy groups -OCH3 is 1. The van der Waals surface area contributed by atoms with Crippen molar-refractivity contribution in [3.05, 3.63) is 28.5 Å². The molecule has 0 fully saturated rings. The van der Waals surface area contributed by atoms with Crippen molar-refractivity contribution in [3.63, 3.8) is 0 Å². The number of ether oxygens (including phenoxy) is 1. The summed E-state index contributed by atoms with van der Waals surface area (Å²) >= 11 is 5.82. The molecular weight excluding hydrogens is 307 g/mol. The lowest BCUT2D eigenvalue weighted by Gasteiger charge is -2.24. The number of benzene rings is 1. The molecule has 2 N–H and O–H groups in total. The van der Waals surface area contributed by atoms with Crippen molar-refractivity contribution in [2.45, 2.75) is 24.4 Å². The van der Waals surface area contributed by atoms with Gasteiger partial charge in [-0.15, -0.1) is 0 Å². The van der Waals surface area contributed by atoms with Crippen molar-refractivity contribution in [1.29, 1.82) is 0 Å². The first kappa shape index (κ1) is 17.3. The molecular formula is C12H18ClFN2O3S. The number of nitrogens with zero attached hydrogens (tertiary/aromatic N) is 1. The number of hydrogen-bond acceptors (Lipinski definition) is 4. The van der Waals surface area contributed by atoms with E-state index in [0.717, 1.165) is 10.4 Å². The van der Waals surface area contributed by atoms with Gasteiger partial charge < -0.3 is 10.5 Å². The highest BCUT2D eigenvalue weighted by atomic mass is 35.5. The molecule has 1 unspecified atom stereocenters. The van der Waals surface area contributed by atoms with Crippen LogP contribution in [0, 0.1) is 5.82 Å². The van der Waals surface area contributed by atoms with Crippen molar-refractivity contribution in [1.82, 2.24) is 4.31 Å². The Morgan fingerprint density at radius 1 is 1.50 bits per heavy atom. The molecule has 5 nitrogen and oxygen atoms in total. The van der Waals surface area contributed by atoms with E-state index in [4.69, 9.17) is 22.1 Å². The molecule has 0 amide bonds. The van der Waals surface area contributed by atoms with Gasteiger partial charge in [0.05, 0.1) is 6.61 Å². The normalized spacial score (nSPS) is 13.8. The average Bonchev–Trinajstić information content (AvgIpc) is 2.40. The van der Waals surface area contributed by atoms with Gasteiger partial charge in [0.25, 0.3) is 0 Å². The first-order chi connectivity index (χ1) is 9.25. The highest BCUT2D eigenvalue weighted by Gasteiger charge is 2.29. The predicted molar refractivity (Wildman–Crippen MR) is 75.6 cm³/mol. The molecule has 0 aliphatic carbocycles. The second-order valence-electron chi connectivity index (χ2n) is 4.41.